The highest BCUT2D eigenvalue weighted by molar-refractivity contribution is 5.97. The molecule has 0 unspecified atom stereocenters. The minimum absolute atomic E-state index is 0.0957. The van der Waals surface area contributed by atoms with Crippen molar-refractivity contribution in [1.29, 1.82) is 0 Å². The van der Waals surface area contributed by atoms with E-state index in [4.69, 9.17) is 9.47 Å². The number of ether oxygens (including phenoxy) is 2. The normalized spacial score (nSPS) is 10.3. The summed E-state index contributed by atoms with van der Waals surface area (Å²) < 4.78 is 23.6. The van der Waals surface area contributed by atoms with Crippen molar-refractivity contribution in [2.45, 2.75) is 6.61 Å². The third-order valence-corrected chi connectivity index (χ3v) is 2.77. The second-order valence-electron chi connectivity index (χ2n) is 4.28. The van der Waals surface area contributed by atoms with Gasteiger partial charge in [-0.3, -0.25) is 4.79 Å². The minimum atomic E-state index is -0.504. The Kier molecular flexibility index (Phi) is 4.85. The van der Waals surface area contributed by atoms with Crippen molar-refractivity contribution in [2.75, 3.05) is 13.7 Å². The summed E-state index contributed by atoms with van der Waals surface area (Å²) in [4.78, 5) is 11.9. The lowest BCUT2D eigenvalue weighted by atomic mass is 10.1. The van der Waals surface area contributed by atoms with Crippen LogP contribution in [0.5, 0.6) is 5.75 Å². The van der Waals surface area contributed by atoms with Gasteiger partial charge in [-0.1, -0.05) is 30.3 Å². The van der Waals surface area contributed by atoms with Crippen molar-refractivity contribution in [3.8, 4) is 5.75 Å². The number of halogens is 1. The highest BCUT2D eigenvalue weighted by atomic mass is 19.1. The van der Waals surface area contributed by atoms with Crippen LogP contribution in [0.25, 0.3) is 0 Å². The number of methoxy groups -OCH3 is 1. The Labute approximate surface area is 117 Å². The Bertz CT molecular complexity index is 582. The van der Waals surface area contributed by atoms with Crippen LogP contribution in [0.1, 0.15) is 15.9 Å². The number of hydrogen-bond acceptors (Lipinski definition) is 3. The summed E-state index contributed by atoms with van der Waals surface area (Å²) in [6.45, 7) is 0.251. The molecule has 0 heterocycles. The summed E-state index contributed by atoms with van der Waals surface area (Å²) in [5.74, 6) is -0.467. The average Bonchev–Trinajstić information content (AvgIpc) is 2.47. The summed E-state index contributed by atoms with van der Waals surface area (Å²) in [5, 5.41) is 0. The molecule has 0 aliphatic heterocycles. The molecule has 0 radical (unpaired) electrons. The van der Waals surface area contributed by atoms with E-state index in [0.717, 1.165) is 5.56 Å². The van der Waals surface area contributed by atoms with E-state index in [0.29, 0.717) is 12.4 Å². The van der Waals surface area contributed by atoms with E-state index in [1.807, 2.05) is 30.3 Å². The Morgan fingerprint density at radius 3 is 2.60 bits per heavy atom. The van der Waals surface area contributed by atoms with Gasteiger partial charge in [0.15, 0.2) is 5.78 Å². The summed E-state index contributed by atoms with van der Waals surface area (Å²) >= 11 is 0. The lowest BCUT2D eigenvalue weighted by molar-refractivity contribution is 0.0726. The van der Waals surface area contributed by atoms with Crippen LogP contribution in [0.3, 0.4) is 0 Å². The smallest absolute Gasteiger partial charge is 0.188 e. The molecule has 0 spiro atoms. The molecule has 4 heteroatoms. The fraction of sp³-hybridized carbons (Fsp3) is 0.188. The van der Waals surface area contributed by atoms with Gasteiger partial charge >= 0.3 is 0 Å². The number of hydrogen-bond donors (Lipinski definition) is 0. The monoisotopic (exact) mass is 274 g/mol. The molecule has 3 nitrogen and oxygen atoms in total. The van der Waals surface area contributed by atoms with Gasteiger partial charge in [-0.05, 0) is 17.7 Å². The highest BCUT2D eigenvalue weighted by Gasteiger charge is 2.09. The Hall–Kier alpha value is -2.20. The van der Waals surface area contributed by atoms with Gasteiger partial charge in [-0.15, -0.1) is 0 Å². The first-order valence-corrected chi connectivity index (χ1v) is 6.18. The number of carbonyl (C=O) groups is 1. The van der Waals surface area contributed by atoms with Gasteiger partial charge in [0.2, 0.25) is 0 Å². The zero-order chi connectivity index (χ0) is 14.4. The largest absolute Gasteiger partial charge is 0.497 e. The van der Waals surface area contributed by atoms with Crippen LogP contribution in [-0.2, 0) is 11.3 Å². The number of carbonyl (C=O) groups excluding carboxylic acids is 1. The number of ketones is 1. The fourth-order valence-corrected chi connectivity index (χ4v) is 1.76. The lowest BCUT2D eigenvalue weighted by Crippen LogP contribution is -2.09. The van der Waals surface area contributed by atoms with E-state index in [9.17, 15) is 9.18 Å². The molecule has 2 aromatic carbocycles. The van der Waals surface area contributed by atoms with E-state index in [2.05, 4.69) is 0 Å². The Balaban J connectivity index is 1.93. The standard InChI is InChI=1S/C16H15FO3/c1-19-15-8-13(7-14(17)9-15)16(18)11-20-10-12-5-3-2-4-6-12/h2-9H,10-11H2,1H3. The predicted molar refractivity (Wildman–Crippen MR) is 73.4 cm³/mol. The summed E-state index contributed by atoms with van der Waals surface area (Å²) in [6.07, 6.45) is 0. The molecular formula is C16H15FO3. The molecule has 2 aromatic rings. The third-order valence-electron chi connectivity index (χ3n) is 2.77. The van der Waals surface area contributed by atoms with E-state index in [1.165, 1.54) is 25.3 Å². The highest BCUT2D eigenvalue weighted by Crippen LogP contribution is 2.16. The first kappa shape index (κ1) is 14.2. The maximum Gasteiger partial charge on any atom is 0.188 e. The average molecular weight is 274 g/mol. The molecule has 104 valence electrons. The van der Waals surface area contributed by atoms with Crippen LogP contribution in [0, 0.1) is 5.82 Å². The molecule has 0 bridgehead atoms. The molecule has 20 heavy (non-hydrogen) atoms. The quantitative estimate of drug-likeness (QED) is 0.759. The number of rotatable bonds is 6. The predicted octanol–water partition coefficient (Wildman–Crippen LogP) is 3.23. The van der Waals surface area contributed by atoms with Gasteiger partial charge < -0.3 is 9.47 Å². The van der Waals surface area contributed by atoms with Crippen molar-refractivity contribution >= 4 is 5.78 Å². The Morgan fingerprint density at radius 2 is 1.90 bits per heavy atom. The van der Waals surface area contributed by atoms with Crippen LogP contribution >= 0.6 is 0 Å². The van der Waals surface area contributed by atoms with E-state index in [-0.39, 0.29) is 18.0 Å². The number of Topliss-reactive ketones (excluding diaryl/α,β-unsaturated/α-hetero) is 1. The van der Waals surface area contributed by atoms with E-state index in [1.54, 1.807) is 0 Å². The molecule has 0 amide bonds. The summed E-state index contributed by atoms with van der Waals surface area (Å²) in [7, 11) is 1.43. The second kappa shape index (κ2) is 6.82. The summed E-state index contributed by atoms with van der Waals surface area (Å²) in [6, 6.07) is 13.4. The third kappa shape index (κ3) is 3.90. The van der Waals surface area contributed by atoms with E-state index >= 15 is 0 Å². The molecule has 0 saturated heterocycles. The van der Waals surface area contributed by atoms with Gasteiger partial charge in [0, 0.05) is 11.6 Å². The fourth-order valence-electron chi connectivity index (χ4n) is 1.76. The maximum absolute atomic E-state index is 13.3. The minimum Gasteiger partial charge on any atom is -0.497 e. The SMILES string of the molecule is COc1cc(F)cc(C(=O)COCc2ccccc2)c1. The second-order valence-corrected chi connectivity index (χ2v) is 4.28. The van der Waals surface area contributed by atoms with Crippen LogP contribution in [0.2, 0.25) is 0 Å². The first-order valence-electron chi connectivity index (χ1n) is 6.18. The Morgan fingerprint density at radius 1 is 1.15 bits per heavy atom. The molecule has 0 fully saturated rings. The molecular weight excluding hydrogens is 259 g/mol. The van der Waals surface area contributed by atoms with Gasteiger partial charge in [0.05, 0.1) is 13.7 Å². The molecule has 0 atom stereocenters. The van der Waals surface area contributed by atoms with Crippen molar-refractivity contribution in [2.24, 2.45) is 0 Å². The van der Waals surface area contributed by atoms with Gasteiger partial charge in [0.25, 0.3) is 0 Å². The molecule has 0 saturated carbocycles. The van der Waals surface area contributed by atoms with Crippen molar-refractivity contribution in [1.82, 2.24) is 0 Å². The molecule has 0 aromatic heterocycles. The van der Waals surface area contributed by atoms with Gasteiger partial charge in [0.1, 0.15) is 18.2 Å². The van der Waals surface area contributed by atoms with Gasteiger partial charge in [-0.2, -0.15) is 0 Å². The van der Waals surface area contributed by atoms with Gasteiger partial charge in [-0.25, -0.2) is 4.39 Å². The van der Waals surface area contributed by atoms with Crippen molar-refractivity contribution in [3.63, 3.8) is 0 Å². The molecule has 0 aliphatic carbocycles. The molecule has 0 aliphatic rings. The number of benzene rings is 2. The molecule has 2 rings (SSSR count). The maximum atomic E-state index is 13.3. The zero-order valence-corrected chi connectivity index (χ0v) is 11.1. The van der Waals surface area contributed by atoms with E-state index < -0.39 is 5.82 Å². The van der Waals surface area contributed by atoms with Crippen molar-refractivity contribution < 1.29 is 18.7 Å². The first-order chi connectivity index (χ1) is 9.69. The zero-order valence-electron chi connectivity index (χ0n) is 11.1. The topological polar surface area (TPSA) is 35.5 Å². The lowest BCUT2D eigenvalue weighted by Gasteiger charge is -2.06. The van der Waals surface area contributed by atoms with Crippen LogP contribution in [0.4, 0.5) is 4.39 Å². The van der Waals surface area contributed by atoms with Crippen LogP contribution < -0.4 is 4.74 Å². The van der Waals surface area contributed by atoms with Crippen LogP contribution in [-0.4, -0.2) is 19.5 Å². The van der Waals surface area contributed by atoms with Crippen LogP contribution in [0.15, 0.2) is 48.5 Å². The van der Waals surface area contributed by atoms with Crippen molar-refractivity contribution in [3.05, 3.63) is 65.5 Å². The molecule has 0 N–H and O–H groups in total. The summed E-state index contributed by atoms with van der Waals surface area (Å²) in [5.41, 5.74) is 1.23.